The van der Waals surface area contributed by atoms with Crippen molar-refractivity contribution in [2.75, 3.05) is 37.1 Å². The van der Waals surface area contributed by atoms with Crippen LogP contribution in [0.1, 0.15) is 70.9 Å². The zero-order valence-corrected chi connectivity index (χ0v) is 38.3. The Bertz CT molecular complexity index is 2780. The number of rotatable bonds is 17. The Hall–Kier alpha value is -4.69. The number of nitrogens with zero attached hydrogens (tertiary/aromatic N) is 2. The first-order chi connectivity index (χ1) is 28.9. The highest BCUT2D eigenvalue weighted by molar-refractivity contribution is 7.89. The molecule has 2 aliphatic rings. The second-order valence-electron chi connectivity index (χ2n) is 16.6. The van der Waals surface area contributed by atoms with Crippen LogP contribution in [0.4, 0.5) is 22.7 Å². The van der Waals surface area contributed by atoms with E-state index < -0.39 is 75.2 Å². The number of nitrogens with one attached hydrogen (secondary N) is 4. The van der Waals surface area contributed by atoms with Crippen LogP contribution in [0.5, 0.6) is 11.5 Å². The van der Waals surface area contributed by atoms with Crippen molar-refractivity contribution in [1.82, 2.24) is 13.9 Å². The van der Waals surface area contributed by atoms with Crippen molar-refractivity contribution >= 4 is 71.8 Å². The molecule has 16 nitrogen and oxygen atoms in total. The molecule has 0 aromatic heterocycles. The van der Waals surface area contributed by atoms with Gasteiger partial charge in [-0.05, 0) is 81.3 Å². The molecule has 334 valence electrons. The summed E-state index contributed by atoms with van der Waals surface area (Å²) in [6, 6.07) is 12.0. The number of phenols is 2. The molecule has 20 heteroatoms. The van der Waals surface area contributed by atoms with E-state index in [0.717, 1.165) is 34.3 Å². The third-order valence-corrected chi connectivity index (χ3v) is 16.6. The minimum atomic E-state index is -4.51. The van der Waals surface area contributed by atoms with Gasteiger partial charge in [-0.15, -0.1) is 0 Å². The first-order valence-corrected chi connectivity index (χ1v) is 23.4. The van der Waals surface area contributed by atoms with E-state index in [4.69, 9.17) is 23.2 Å². The van der Waals surface area contributed by atoms with Crippen LogP contribution < -0.4 is 32.1 Å². The standard InChI is InChI=1S/C42H50Cl2N6O10S2/c1-8-42(4,48-32-30(36(54)38(32)56)46-27-18-16-25(43)39(33(27)51)61(57,58)49(5)6)24-15-11-12-22(20-24)21-50(7)62(59,60)40-26(44)17-19-28(34(40)52)45-29-31(37(55)35(29)53)47-41(2,3)23-13-9-10-14-23/h11-12,15-20,23,36,45-48,51-52,54H,8-10,13-14,21H2,1-7H3. The van der Waals surface area contributed by atoms with Gasteiger partial charge in [0.15, 0.2) is 17.6 Å². The van der Waals surface area contributed by atoms with E-state index in [-0.39, 0.29) is 56.7 Å². The van der Waals surface area contributed by atoms with Gasteiger partial charge in [-0.25, -0.2) is 21.1 Å². The third kappa shape index (κ3) is 8.41. The molecule has 6 rings (SSSR count). The zero-order chi connectivity index (χ0) is 45.9. The number of aliphatic hydroxyl groups is 1. The lowest BCUT2D eigenvalue weighted by molar-refractivity contribution is -0.125. The van der Waals surface area contributed by atoms with Crippen molar-refractivity contribution in [2.45, 2.75) is 93.3 Å². The van der Waals surface area contributed by atoms with Gasteiger partial charge in [0.1, 0.15) is 26.9 Å². The summed E-state index contributed by atoms with van der Waals surface area (Å²) >= 11 is 12.6. The molecule has 4 aromatic rings. The van der Waals surface area contributed by atoms with Gasteiger partial charge in [-0.3, -0.25) is 14.4 Å². The van der Waals surface area contributed by atoms with Gasteiger partial charge < -0.3 is 36.6 Å². The van der Waals surface area contributed by atoms with E-state index in [2.05, 4.69) is 21.3 Å². The second-order valence-corrected chi connectivity index (χ2v) is 21.5. The highest BCUT2D eigenvalue weighted by Gasteiger charge is 2.43. The first kappa shape index (κ1) is 46.8. The number of ketones is 1. The molecule has 0 bridgehead atoms. The average molecular weight is 934 g/mol. The number of carbonyl (C=O) groups excluding carboxylic acids is 1. The van der Waals surface area contributed by atoms with Gasteiger partial charge in [0.2, 0.25) is 25.8 Å². The fourth-order valence-electron chi connectivity index (χ4n) is 7.82. The molecular formula is C42H50Cl2N6O10S2. The summed E-state index contributed by atoms with van der Waals surface area (Å²) in [6.07, 6.45) is 2.85. The topological polar surface area (TPSA) is 235 Å². The van der Waals surface area contributed by atoms with Crippen molar-refractivity contribution in [1.29, 1.82) is 0 Å². The predicted octanol–water partition coefficient (Wildman–Crippen LogP) is 5.68. The number of hydrogen-bond acceptors (Lipinski definition) is 14. The van der Waals surface area contributed by atoms with Crippen LogP contribution in [0, 0.1) is 5.92 Å². The van der Waals surface area contributed by atoms with Crippen LogP contribution in [-0.2, 0) is 36.9 Å². The Labute approximate surface area is 370 Å². The average Bonchev–Trinajstić information content (AvgIpc) is 3.78. The maximum atomic E-state index is 14.1. The largest absolute Gasteiger partial charge is 0.504 e. The quantitative estimate of drug-likeness (QED) is 0.0499. The number of Topliss-reactive ketones (excluding diaryl/α,β-unsaturated/α-hetero) is 1. The van der Waals surface area contributed by atoms with Crippen molar-refractivity contribution in [2.24, 2.45) is 5.92 Å². The van der Waals surface area contributed by atoms with Crippen LogP contribution >= 0.6 is 23.2 Å². The number of phenolic OH excluding ortho intramolecular Hbond substituents is 2. The molecular weight excluding hydrogens is 884 g/mol. The highest BCUT2D eigenvalue weighted by Crippen LogP contribution is 2.43. The first-order valence-electron chi connectivity index (χ1n) is 19.8. The van der Waals surface area contributed by atoms with Gasteiger partial charge in [0.25, 0.3) is 10.9 Å². The van der Waals surface area contributed by atoms with Gasteiger partial charge in [0.05, 0.1) is 32.7 Å². The van der Waals surface area contributed by atoms with Crippen molar-refractivity contribution in [3.63, 3.8) is 0 Å². The lowest BCUT2D eigenvalue weighted by atomic mass is 9.85. The lowest BCUT2D eigenvalue weighted by Crippen LogP contribution is -2.51. The third-order valence-electron chi connectivity index (χ3n) is 12.0. The van der Waals surface area contributed by atoms with Crippen LogP contribution in [0.3, 0.4) is 0 Å². The smallest absolute Gasteiger partial charge is 0.253 e. The minimum absolute atomic E-state index is 0.0268. The Morgan fingerprint density at radius 1 is 0.774 bits per heavy atom. The van der Waals surface area contributed by atoms with Gasteiger partial charge in [-0.2, -0.15) is 4.31 Å². The number of aromatic hydroxyl groups is 2. The lowest BCUT2D eigenvalue weighted by Gasteiger charge is -2.38. The molecule has 2 aliphatic carbocycles. The Morgan fingerprint density at radius 2 is 1.32 bits per heavy atom. The summed E-state index contributed by atoms with van der Waals surface area (Å²) in [5, 5.41) is 44.5. The summed E-state index contributed by atoms with van der Waals surface area (Å²) in [7, 11) is -4.85. The molecule has 1 saturated carbocycles. The second kappa shape index (κ2) is 17.1. The van der Waals surface area contributed by atoms with Gasteiger partial charge in [0, 0.05) is 33.2 Å². The zero-order valence-electron chi connectivity index (χ0n) is 35.2. The van der Waals surface area contributed by atoms with Crippen molar-refractivity contribution in [3.05, 3.63) is 102 Å². The van der Waals surface area contributed by atoms with E-state index in [1.807, 2.05) is 20.8 Å². The number of sulfonamides is 2. The molecule has 2 atom stereocenters. The molecule has 0 spiro atoms. The fourth-order valence-corrected chi connectivity index (χ4v) is 11.0. The van der Waals surface area contributed by atoms with Crippen molar-refractivity contribution < 1.29 is 36.9 Å². The molecule has 4 aromatic carbocycles. The van der Waals surface area contributed by atoms with E-state index in [1.165, 1.54) is 45.4 Å². The summed E-state index contributed by atoms with van der Waals surface area (Å²) in [6.45, 7) is 7.36. The molecule has 2 unspecified atom stereocenters. The molecule has 1 fully saturated rings. The van der Waals surface area contributed by atoms with Crippen LogP contribution in [-0.4, -0.2) is 79.3 Å². The monoisotopic (exact) mass is 932 g/mol. The molecule has 0 heterocycles. The summed E-state index contributed by atoms with van der Waals surface area (Å²) in [5.41, 5.74) is -2.25. The fraction of sp³-hybridized carbons (Fsp3) is 0.405. The Kier molecular flexibility index (Phi) is 12.9. The van der Waals surface area contributed by atoms with Crippen molar-refractivity contribution in [3.8, 4) is 11.5 Å². The Morgan fingerprint density at radius 3 is 1.89 bits per heavy atom. The van der Waals surface area contributed by atoms with Gasteiger partial charge in [-0.1, -0.05) is 67.2 Å². The maximum Gasteiger partial charge on any atom is 0.253 e. The van der Waals surface area contributed by atoms with Crippen LogP contribution in [0.15, 0.2) is 79.3 Å². The molecule has 0 aliphatic heterocycles. The Balaban J connectivity index is 1.23. The molecule has 62 heavy (non-hydrogen) atoms. The van der Waals surface area contributed by atoms with Crippen LogP contribution in [0.2, 0.25) is 10.0 Å². The number of aliphatic hydroxyl groups excluding tert-OH is 1. The van der Waals surface area contributed by atoms with E-state index >= 15 is 0 Å². The molecule has 0 amide bonds. The molecule has 0 saturated heterocycles. The number of carbonyl (C=O) groups is 1. The summed E-state index contributed by atoms with van der Waals surface area (Å²) in [4.78, 5) is 37.3. The van der Waals surface area contributed by atoms with E-state index in [0.29, 0.717) is 17.5 Å². The number of halogens is 2. The SMILES string of the molecule is CCC(C)(NC1=C(Nc2ccc(Cl)c(S(=O)(=O)N(C)C)c2O)C(O)C1=O)c1cccc(CN(C)S(=O)(=O)c2c(Cl)ccc(Nc3c(NC(C)(C)C4CCCC4)c(=O)c3=O)c2O)c1. The summed E-state index contributed by atoms with van der Waals surface area (Å²) in [5.74, 6) is -1.85. The normalized spacial score (nSPS) is 17.4. The van der Waals surface area contributed by atoms with E-state index in [1.54, 1.807) is 31.2 Å². The predicted molar refractivity (Wildman–Crippen MR) is 239 cm³/mol. The van der Waals surface area contributed by atoms with E-state index in [9.17, 15) is 46.5 Å². The van der Waals surface area contributed by atoms with Crippen LogP contribution in [0.25, 0.3) is 0 Å². The summed E-state index contributed by atoms with van der Waals surface area (Å²) < 4.78 is 55.9. The number of anilines is 4. The number of benzene rings is 3. The molecule has 0 radical (unpaired) electrons. The minimum Gasteiger partial charge on any atom is -0.504 e. The molecule has 7 N–H and O–H groups in total. The number of hydrogen-bond donors (Lipinski definition) is 7. The maximum absolute atomic E-state index is 14.1. The highest BCUT2D eigenvalue weighted by atomic mass is 35.5. The van der Waals surface area contributed by atoms with Gasteiger partial charge >= 0.3 is 0 Å².